The summed E-state index contributed by atoms with van der Waals surface area (Å²) in [5.74, 6) is -0.737. The number of rotatable bonds is 11. The van der Waals surface area contributed by atoms with Gasteiger partial charge in [-0.25, -0.2) is 0 Å². The Morgan fingerprint density at radius 3 is 1.89 bits per heavy atom. The van der Waals surface area contributed by atoms with E-state index in [1.807, 2.05) is 105 Å². The van der Waals surface area contributed by atoms with Gasteiger partial charge in [-0.3, -0.25) is 0 Å². The molecule has 6 nitrogen and oxygen atoms in total. The number of benzene rings is 3. The predicted octanol–water partition coefficient (Wildman–Crippen LogP) is 5.25. The van der Waals surface area contributed by atoms with Crippen molar-refractivity contribution in [3.63, 3.8) is 0 Å². The third-order valence-electron chi connectivity index (χ3n) is 6.38. The smallest absolute Gasteiger partial charge is 0.190 e. The van der Waals surface area contributed by atoms with Gasteiger partial charge in [-0.05, 0) is 30.5 Å². The zero-order chi connectivity index (χ0) is 24.8. The van der Waals surface area contributed by atoms with Crippen LogP contribution in [0, 0.1) is 0 Å². The van der Waals surface area contributed by atoms with E-state index in [9.17, 15) is 0 Å². The minimum atomic E-state index is -0.737. The Hall–Kier alpha value is -2.58. The van der Waals surface area contributed by atoms with Crippen LogP contribution in [-0.4, -0.2) is 43.1 Å². The van der Waals surface area contributed by atoms with Crippen molar-refractivity contribution in [2.24, 2.45) is 0 Å². The van der Waals surface area contributed by atoms with E-state index < -0.39 is 18.2 Å². The van der Waals surface area contributed by atoms with Gasteiger partial charge in [0.15, 0.2) is 12.1 Å². The molecule has 2 fully saturated rings. The summed E-state index contributed by atoms with van der Waals surface area (Å²) in [5, 5.41) is 0. The van der Waals surface area contributed by atoms with Crippen LogP contribution in [0.5, 0.6) is 0 Å². The minimum absolute atomic E-state index is 0.348. The summed E-state index contributed by atoms with van der Waals surface area (Å²) in [6.45, 7) is 5.50. The lowest BCUT2D eigenvalue weighted by molar-refractivity contribution is -0.238. The minimum Gasteiger partial charge on any atom is -0.374 e. The highest BCUT2D eigenvalue weighted by atomic mass is 16.8. The molecule has 2 saturated heterocycles. The highest BCUT2D eigenvalue weighted by Gasteiger charge is 2.57. The largest absolute Gasteiger partial charge is 0.374 e. The Bertz CT molecular complexity index is 1060. The summed E-state index contributed by atoms with van der Waals surface area (Å²) in [4.78, 5) is 0. The fourth-order valence-electron chi connectivity index (χ4n) is 4.64. The number of hydrogen-bond acceptors (Lipinski definition) is 6. The van der Waals surface area contributed by atoms with Crippen LogP contribution in [0.15, 0.2) is 91.0 Å². The average molecular weight is 491 g/mol. The summed E-state index contributed by atoms with van der Waals surface area (Å²) < 4.78 is 37.6. The van der Waals surface area contributed by atoms with E-state index >= 15 is 0 Å². The lowest BCUT2D eigenvalue weighted by atomic mass is 10.1. The van der Waals surface area contributed by atoms with Crippen LogP contribution in [0.2, 0.25) is 0 Å². The maximum atomic E-state index is 6.44. The Balaban J connectivity index is 1.32. The molecule has 0 N–H and O–H groups in total. The topological polar surface area (TPSA) is 55.4 Å². The van der Waals surface area contributed by atoms with E-state index in [1.54, 1.807) is 0 Å². The molecule has 0 spiro atoms. The third-order valence-corrected chi connectivity index (χ3v) is 6.38. The summed E-state index contributed by atoms with van der Waals surface area (Å²) in [6.07, 6.45) is -2.05. The van der Waals surface area contributed by atoms with E-state index in [1.165, 1.54) is 0 Å². The van der Waals surface area contributed by atoms with E-state index in [-0.39, 0.29) is 18.3 Å². The van der Waals surface area contributed by atoms with Crippen molar-refractivity contribution in [1.29, 1.82) is 0 Å². The van der Waals surface area contributed by atoms with Gasteiger partial charge in [0.1, 0.15) is 24.4 Å². The molecule has 5 rings (SSSR count). The molecule has 3 aromatic rings. The van der Waals surface area contributed by atoms with Crippen molar-refractivity contribution >= 4 is 0 Å². The molecule has 3 aromatic carbocycles. The average Bonchev–Trinajstić information content (AvgIpc) is 3.38. The zero-order valence-electron chi connectivity index (χ0n) is 20.8. The highest BCUT2D eigenvalue weighted by molar-refractivity contribution is 5.15. The molecule has 0 unspecified atom stereocenters. The summed E-state index contributed by atoms with van der Waals surface area (Å²) in [7, 11) is 0. The van der Waals surface area contributed by atoms with Crippen LogP contribution in [0.1, 0.15) is 30.5 Å². The maximum absolute atomic E-state index is 6.44. The van der Waals surface area contributed by atoms with Gasteiger partial charge in [-0.2, -0.15) is 0 Å². The molecule has 0 amide bonds. The lowest BCUT2D eigenvalue weighted by Crippen LogP contribution is -2.45. The Kier molecular flexibility index (Phi) is 8.12. The first-order chi connectivity index (χ1) is 17.6. The van der Waals surface area contributed by atoms with Gasteiger partial charge in [-0.15, -0.1) is 0 Å². The Morgan fingerprint density at radius 2 is 1.28 bits per heavy atom. The fraction of sp³-hybridized carbons (Fsp3) is 0.400. The molecule has 190 valence electrons. The normalized spacial score (nSPS) is 25.5. The number of hydrogen-bond donors (Lipinski definition) is 0. The van der Waals surface area contributed by atoms with Gasteiger partial charge in [0, 0.05) is 0 Å². The second-order valence-corrected chi connectivity index (χ2v) is 9.67. The standard InChI is InChI=1S/C30H34O6/c1-30(2)35-28-27(33-20-24-16-10-5-11-17-24)26(34-29(28)36-30)25(32-19-23-14-8-4-9-15-23)21-31-18-22-12-6-3-7-13-22/h3-17,25-29H,18-21H2,1-2H3/t25-,26+,27-,28+,29+/m0/s1. The molecule has 0 bridgehead atoms. The lowest BCUT2D eigenvalue weighted by Gasteiger charge is -2.31. The Morgan fingerprint density at radius 1 is 0.722 bits per heavy atom. The molecule has 5 atom stereocenters. The van der Waals surface area contributed by atoms with Gasteiger partial charge in [0.2, 0.25) is 0 Å². The van der Waals surface area contributed by atoms with Crippen molar-refractivity contribution in [2.75, 3.05) is 6.61 Å². The highest BCUT2D eigenvalue weighted by Crippen LogP contribution is 2.40. The third kappa shape index (κ3) is 6.40. The molecule has 0 aromatic heterocycles. The fourth-order valence-corrected chi connectivity index (χ4v) is 4.64. The van der Waals surface area contributed by atoms with Crippen LogP contribution >= 0.6 is 0 Å². The van der Waals surface area contributed by atoms with Crippen LogP contribution < -0.4 is 0 Å². The first-order valence-corrected chi connectivity index (χ1v) is 12.5. The van der Waals surface area contributed by atoms with Crippen molar-refractivity contribution in [1.82, 2.24) is 0 Å². The summed E-state index contributed by atoms with van der Waals surface area (Å²) in [5.41, 5.74) is 3.27. The first-order valence-electron chi connectivity index (χ1n) is 12.5. The molecule has 36 heavy (non-hydrogen) atoms. The van der Waals surface area contributed by atoms with Crippen molar-refractivity contribution in [2.45, 2.75) is 70.2 Å². The quantitative estimate of drug-likeness (QED) is 0.366. The SMILES string of the molecule is CC1(C)O[C@H]2O[C@H]([C@H](COCc3ccccc3)OCc3ccccc3)[C@H](OCc3ccccc3)[C@H]2O1. The second-order valence-electron chi connectivity index (χ2n) is 9.67. The van der Waals surface area contributed by atoms with E-state index in [2.05, 4.69) is 0 Å². The van der Waals surface area contributed by atoms with E-state index in [0.29, 0.717) is 26.4 Å². The second kappa shape index (κ2) is 11.6. The Labute approximate surface area is 213 Å². The molecular formula is C30H34O6. The van der Waals surface area contributed by atoms with Crippen molar-refractivity contribution < 1.29 is 28.4 Å². The van der Waals surface area contributed by atoms with Crippen molar-refractivity contribution in [3.8, 4) is 0 Å². The van der Waals surface area contributed by atoms with Gasteiger partial charge >= 0.3 is 0 Å². The molecular weight excluding hydrogens is 456 g/mol. The van der Waals surface area contributed by atoms with Crippen LogP contribution in [0.3, 0.4) is 0 Å². The van der Waals surface area contributed by atoms with E-state index in [4.69, 9.17) is 28.4 Å². The van der Waals surface area contributed by atoms with Gasteiger partial charge < -0.3 is 28.4 Å². The van der Waals surface area contributed by atoms with Crippen LogP contribution in [0.25, 0.3) is 0 Å². The van der Waals surface area contributed by atoms with Crippen LogP contribution in [-0.2, 0) is 48.2 Å². The maximum Gasteiger partial charge on any atom is 0.190 e. The zero-order valence-corrected chi connectivity index (χ0v) is 20.8. The van der Waals surface area contributed by atoms with Gasteiger partial charge in [0.25, 0.3) is 0 Å². The van der Waals surface area contributed by atoms with E-state index in [0.717, 1.165) is 16.7 Å². The van der Waals surface area contributed by atoms with Gasteiger partial charge in [0.05, 0.1) is 26.4 Å². The van der Waals surface area contributed by atoms with Gasteiger partial charge in [-0.1, -0.05) is 91.0 Å². The molecule has 0 radical (unpaired) electrons. The molecule has 0 saturated carbocycles. The summed E-state index contributed by atoms with van der Waals surface area (Å²) >= 11 is 0. The number of ether oxygens (including phenoxy) is 6. The molecule has 2 heterocycles. The summed E-state index contributed by atoms with van der Waals surface area (Å²) in [6, 6.07) is 30.3. The monoisotopic (exact) mass is 490 g/mol. The first kappa shape index (κ1) is 25.1. The van der Waals surface area contributed by atoms with Crippen molar-refractivity contribution in [3.05, 3.63) is 108 Å². The number of fused-ring (bicyclic) bond motifs is 1. The molecule has 6 heteroatoms. The molecule has 2 aliphatic rings. The molecule has 0 aliphatic carbocycles. The molecule has 2 aliphatic heterocycles. The predicted molar refractivity (Wildman–Crippen MR) is 135 cm³/mol. The van der Waals surface area contributed by atoms with Crippen LogP contribution in [0.4, 0.5) is 0 Å².